The van der Waals surface area contributed by atoms with Gasteiger partial charge in [-0.25, -0.2) is 10.2 Å². The van der Waals surface area contributed by atoms with Crippen LogP contribution in [0.3, 0.4) is 0 Å². The monoisotopic (exact) mass is 418 g/mol. The van der Waals surface area contributed by atoms with Crippen molar-refractivity contribution in [1.82, 2.24) is 10.4 Å². The number of halogens is 1. The summed E-state index contributed by atoms with van der Waals surface area (Å²) in [6.45, 7) is 5.36. The van der Waals surface area contributed by atoms with Crippen LogP contribution in [0, 0.1) is 0 Å². The van der Waals surface area contributed by atoms with Crippen LogP contribution < -0.4 is 16.6 Å². The number of aromatic amines is 1. The summed E-state index contributed by atoms with van der Waals surface area (Å²) in [5.41, 5.74) is 12.7. The number of carbonyl (C=O) groups excluding carboxylic acids is 2. The van der Waals surface area contributed by atoms with Crippen LogP contribution >= 0.6 is 15.9 Å². The summed E-state index contributed by atoms with van der Waals surface area (Å²) >= 11 is 3.53. The molecule has 0 aliphatic heterocycles. The van der Waals surface area contributed by atoms with Gasteiger partial charge in [0.05, 0.1) is 26.8 Å². The molecule has 0 spiro atoms. The highest BCUT2D eigenvalue weighted by molar-refractivity contribution is 9.10. The molecule has 8 heteroatoms. The van der Waals surface area contributed by atoms with E-state index in [0.717, 1.165) is 16.3 Å². The predicted molar refractivity (Wildman–Crippen MR) is 105 cm³/mol. The molecule has 3 rings (SSSR count). The van der Waals surface area contributed by atoms with E-state index in [1.807, 2.05) is 18.2 Å². The van der Waals surface area contributed by atoms with Crippen molar-refractivity contribution in [3.05, 3.63) is 40.4 Å². The SMILES string of the molecule is CC(C)(C)OC(=O)NNc1ccc2c([nH]c3c(C(N)=O)cccc32)c1Br. The van der Waals surface area contributed by atoms with Crippen LogP contribution in [0.15, 0.2) is 34.8 Å². The molecule has 26 heavy (non-hydrogen) atoms. The number of fused-ring (bicyclic) bond motifs is 3. The highest BCUT2D eigenvalue weighted by atomic mass is 79.9. The number of hydrazine groups is 1. The molecule has 2 aromatic carbocycles. The maximum Gasteiger partial charge on any atom is 0.426 e. The maximum atomic E-state index is 11.8. The normalized spacial score (nSPS) is 11.5. The van der Waals surface area contributed by atoms with Gasteiger partial charge in [0.2, 0.25) is 0 Å². The van der Waals surface area contributed by atoms with Gasteiger partial charge < -0.3 is 15.5 Å². The summed E-state index contributed by atoms with van der Waals surface area (Å²) < 4.78 is 5.90. The Labute approximate surface area is 158 Å². The Morgan fingerprint density at radius 2 is 1.81 bits per heavy atom. The van der Waals surface area contributed by atoms with Crippen molar-refractivity contribution in [2.75, 3.05) is 5.43 Å². The second-order valence-electron chi connectivity index (χ2n) is 6.82. The zero-order chi connectivity index (χ0) is 19.1. The number of nitrogens with two attached hydrogens (primary N) is 1. The molecular weight excluding hydrogens is 400 g/mol. The van der Waals surface area contributed by atoms with Gasteiger partial charge in [0.1, 0.15) is 5.60 Å². The van der Waals surface area contributed by atoms with Gasteiger partial charge in [0, 0.05) is 10.8 Å². The van der Waals surface area contributed by atoms with E-state index in [1.165, 1.54) is 0 Å². The summed E-state index contributed by atoms with van der Waals surface area (Å²) in [6, 6.07) is 9.09. The number of ether oxygens (including phenoxy) is 1. The fourth-order valence-electron chi connectivity index (χ4n) is 2.68. The first-order valence-electron chi connectivity index (χ1n) is 7.95. The molecule has 0 radical (unpaired) electrons. The fourth-order valence-corrected chi connectivity index (χ4v) is 3.23. The van der Waals surface area contributed by atoms with Crippen molar-refractivity contribution >= 4 is 55.4 Å². The molecule has 0 saturated carbocycles. The van der Waals surface area contributed by atoms with Crippen molar-refractivity contribution < 1.29 is 14.3 Å². The van der Waals surface area contributed by atoms with Crippen LogP contribution in [0.5, 0.6) is 0 Å². The summed E-state index contributed by atoms with van der Waals surface area (Å²) in [4.78, 5) is 26.7. The van der Waals surface area contributed by atoms with Gasteiger partial charge >= 0.3 is 6.09 Å². The molecule has 5 N–H and O–H groups in total. The van der Waals surface area contributed by atoms with Crippen molar-refractivity contribution in [1.29, 1.82) is 0 Å². The molecule has 0 atom stereocenters. The Morgan fingerprint density at radius 1 is 1.12 bits per heavy atom. The van der Waals surface area contributed by atoms with E-state index in [0.29, 0.717) is 21.2 Å². The highest BCUT2D eigenvalue weighted by Crippen LogP contribution is 2.36. The van der Waals surface area contributed by atoms with E-state index >= 15 is 0 Å². The molecule has 2 amide bonds. The van der Waals surface area contributed by atoms with Gasteiger partial charge in [-0.2, -0.15) is 0 Å². The van der Waals surface area contributed by atoms with Gasteiger partial charge in [0.25, 0.3) is 5.91 Å². The second-order valence-corrected chi connectivity index (χ2v) is 7.61. The van der Waals surface area contributed by atoms with Crippen LogP contribution in [-0.4, -0.2) is 22.6 Å². The Bertz CT molecular complexity index is 1020. The minimum absolute atomic E-state index is 0.423. The van der Waals surface area contributed by atoms with Crippen LogP contribution in [0.1, 0.15) is 31.1 Å². The number of benzene rings is 2. The van der Waals surface area contributed by atoms with Crippen molar-refractivity contribution in [3.63, 3.8) is 0 Å². The first-order valence-corrected chi connectivity index (χ1v) is 8.74. The smallest absolute Gasteiger partial charge is 0.426 e. The average molecular weight is 419 g/mol. The molecule has 3 aromatic rings. The Hall–Kier alpha value is -2.74. The summed E-state index contributed by atoms with van der Waals surface area (Å²) in [5, 5.41) is 1.82. The Balaban J connectivity index is 1.96. The lowest BCUT2D eigenvalue weighted by molar-refractivity contribution is 0.0541. The van der Waals surface area contributed by atoms with Crippen molar-refractivity contribution in [2.45, 2.75) is 26.4 Å². The lowest BCUT2D eigenvalue weighted by atomic mass is 10.1. The number of para-hydroxylation sites is 1. The highest BCUT2D eigenvalue weighted by Gasteiger charge is 2.17. The quantitative estimate of drug-likeness (QED) is 0.481. The number of primary amides is 1. The molecule has 0 bridgehead atoms. The molecular formula is C18H19BrN4O3. The van der Waals surface area contributed by atoms with Gasteiger partial charge in [-0.1, -0.05) is 18.2 Å². The first-order chi connectivity index (χ1) is 12.2. The zero-order valence-corrected chi connectivity index (χ0v) is 16.2. The lowest BCUT2D eigenvalue weighted by Gasteiger charge is -2.20. The van der Waals surface area contributed by atoms with Gasteiger partial charge in [-0.05, 0) is 48.8 Å². The topological polar surface area (TPSA) is 109 Å². The fraction of sp³-hybridized carbons (Fsp3) is 0.222. The number of hydrogen-bond acceptors (Lipinski definition) is 4. The number of H-pyrrole nitrogens is 1. The van der Waals surface area contributed by atoms with Crippen LogP contribution in [0.2, 0.25) is 0 Å². The minimum atomic E-state index is -0.588. The molecule has 0 aliphatic rings. The van der Waals surface area contributed by atoms with E-state index < -0.39 is 17.6 Å². The van der Waals surface area contributed by atoms with E-state index in [-0.39, 0.29) is 0 Å². The third kappa shape index (κ3) is 3.45. The van der Waals surface area contributed by atoms with Crippen molar-refractivity contribution in [3.8, 4) is 0 Å². The molecule has 0 fully saturated rings. The first kappa shape index (κ1) is 18.1. The van der Waals surface area contributed by atoms with E-state index in [2.05, 4.69) is 31.8 Å². The summed E-state index contributed by atoms with van der Waals surface area (Å²) in [6.07, 6.45) is -0.586. The van der Waals surface area contributed by atoms with Gasteiger partial charge in [0.15, 0.2) is 0 Å². The lowest BCUT2D eigenvalue weighted by Crippen LogP contribution is -2.35. The Kier molecular flexibility index (Phi) is 4.53. The number of hydrogen-bond donors (Lipinski definition) is 4. The second kappa shape index (κ2) is 6.53. The summed E-state index contributed by atoms with van der Waals surface area (Å²) in [5.74, 6) is -0.497. The van der Waals surface area contributed by atoms with Crippen LogP contribution in [-0.2, 0) is 4.74 Å². The zero-order valence-electron chi connectivity index (χ0n) is 14.6. The van der Waals surface area contributed by atoms with Crippen LogP contribution in [0.4, 0.5) is 10.5 Å². The summed E-state index contributed by atoms with van der Waals surface area (Å²) in [7, 11) is 0. The standard InChI is InChI=1S/C18H19BrN4O3/c1-18(2,3)26-17(25)23-22-12-8-7-10-9-5-4-6-11(16(20)24)14(9)21-15(10)13(12)19/h4-8,21-22H,1-3H3,(H2,20,24)(H,23,25). The van der Waals surface area contributed by atoms with Gasteiger partial charge in [-0.15, -0.1) is 0 Å². The third-order valence-electron chi connectivity index (χ3n) is 3.71. The van der Waals surface area contributed by atoms with Gasteiger partial charge in [-0.3, -0.25) is 10.2 Å². The number of amides is 2. The largest absolute Gasteiger partial charge is 0.443 e. The molecule has 7 nitrogen and oxygen atoms in total. The van der Waals surface area contributed by atoms with E-state index in [9.17, 15) is 9.59 Å². The van der Waals surface area contributed by atoms with Crippen LogP contribution in [0.25, 0.3) is 21.8 Å². The molecule has 136 valence electrons. The number of anilines is 1. The molecule has 1 heterocycles. The third-order valence-corrected chi connectivity index (χ3v) is 4.53. The van der Waals surface area contributed by atoms with E-state index in [1.54, 1.807) is 32.9 Å². The maximum absolute atomic E-state index is 11.8. The predicted octanol–water partition coefficient (Wildman–Crippen LogP) is 4.03. The number of rotatable bonds is 3. The van der Waals surface area contributed by atoms with Crippen molar-refractivity contribution in [2.24, 2.45) is 5.73 Å². The number of aromatic nitrogens is 1. The molecule has 0 aliphatic carbocycles. The Morgan fingerprint density at radius 3 is 2.46 bits per heavy atom. The molecule has 0 saturated heterocycles. The average Bonchev–Trinajstić information content (AvgIpc) is 2.92. The minimum Gasteiger partial charge on any atom is -0.443 e. The number of nitrogens with one attached hydrogen (secondary N) is 3. The van der Waals surface area contributed by atoms with E-state index in [4.69, 9.17) is 10.5 Å². The number of carbonyl (C=O) groups is 2. The molecule has 0 unspecified atom stereocenters. The molecule has 1 aromatic heterocycles.